The van der Waals surface area contributed by atoms with Gasteiger partial charge in [0.25, 0.3) is 5.91 Å². The second-order valence-corrected chi connectivity index (χ2v) is 7.16. The molecule has 2 N–H and O–H groups in total. The molecule has 1 heterocycles. The van der Waals surface area contributed by atoms with E-state index < -0.39 is 12.1 Å². The second-order valence-electron chi connectivity index (χ2n) is 7.16. The van der Waals surface area contributed by atoms with E-state index in [4.69, 9.17) is 14.2 Å². The summed E-state index contributed by atoms with van der Waals surface area (Å²) in [6, 6.07) is 11.8. The lowest BCUT2D eigenvalue weighted by Crippen LogP contribution is -2.28. The summed E-state index contributed by atoms with van der Waals surface area (Å²) in [5, 5.41) is 17.5. The number of aromatic nitrogens is 2. The molecule has 0 bridgehead atoms. The van der Waals surface area contributed by atoms with Crippen molar-refractivity contribution in [2.24, 2.45) is 0 Å². The average molecular weight is 453 g/mol. The van der Waals surface area contributed by atoms with Gasteiger partial charge in [0, 0.05) is 17.7 Å². The molecule has 0 saturated heterocycles. The highest BCUT2D eigenvalue weighted by Crippen LogP contribution is 2.29. The Bertz CT molecular complexity index is 1120. The quantitative estimate of drug-likeness (QED) is 0.479. The van der Waals surface area contributed by atoms with Crippen molar-refractivity contribution >= 4 is 11.9 Å². The average Bonchev–Trinajstić information content (AvgIpc) is 3.23. The fourth-order valence-electron chi connectivity index (χ4n) is 3.33. The van der Waals surface area contributed by atoms with Crippen molar-refractivity contribution in [3.8, 4) is 17.2 Å². The van der Waals surface area contributed by atoms with Crippen molar-refractivity contribution in [2.75, 3.05) is 27.4 Å². The minimum atomic E-state index is -0.980. The monoisotopic (exact) mass is 453 g/mol. The van der Waals surface area contributed by atoms with Gasteiger partial charge in [0.15, 0.2) is 0 Å². The topological polar surface area (TPSA) is 112 Å². The molecule has 0 aliphatic rings. The van der Waals surface area contributed by atoms with Crippen molar-refractivity contribution < 1.29 is 28.9 Å². The summed E-state index contributed by atoms with van der Waals surface area (Å²) in [6.07, 6.45) is 0.480. The van der Waals surface area contributed by atoms with Crippen LogP contribution in [0.4, 0.5) is 0 Å². The van der Waals surface area contributed by atoms with E-state index in [1.54, 1.807) is 61.0 Å². The molecule has 0 aliphatic heterocycles. The first-order valence-electron chi connectivity index (χ1n) is 10.4. The highest BCUT2D eigenvalue weighted by molar-refractivity contribution is 5.94. The van der Waals surface area contributed by atoms with E-state index in [-0.39, 0.29) is 19.1 Å². The molecule has 33 heavy (non-hydrogen) atoms. The SMILES string of the molecule is CCOC(=O)c1cnn(-c2ccc(C(=O)NCC(O)c3cc(OC)ccc3OC)cc2)c1C. The maximum absolute atomic E-state index is 12.6. The normalized spacial score (nSPS) is 11.5. The first-order chi connectivity index (χ1) is 15.9. The zero-order valence-corrected chi connectivity index (χ0v) is 19.0. The number of aliphatic hydroxyl groups excluding tert-OH is 1. The van der Waals surface area contributed by atoms with Crippen molar-refractivity contribution in [2.45, 2.75) is 20.0 Å². The Hall–Kier alpha value is -3.85. The predicted molar refractivity (Wildman–Crippen MR) is 121 cm³/mol. The Morgan fingerprint density at radius 2 is 1.85 bits per heavy atom. The number of carbonyl (C=O) groups excluding carboxylic acids is 2. The summed E-state index contributed by atoms with van der Waals surface area (Å²) in [4.78, 5) is 24.6. The van der Waals surface area contributed by atoms with Gasteiger partial charge in [-0.25, -0.2) is 9.48 Å². The zero-order valence-electron chi connectivity index (χ0n) is 19.0. The Morgan fingerprint density at radius 3 is 2.48 bits per heavy atom. The van der Waals surface area contributed by atoms with E-state index in [0.29, 0.717) is 39.6 Å². The summed E-state index contributed by atoms with van der Waals surface area (Å²) in [6.45, 7) is 3.79. The summed E-state index contributed by atoms with van der Waals surface area (Å²) in [5.74, 6) is 0.306. The number of methoxy groups -OCH3 is 2. The van der Waals surface area contributed by atoms with Crippen LogP contribution in [0.2, 0.25) is 0 Å². The molecule has 0 saturated carbocycles. The molecule has 174 valence electrons. The third-order valence-corrected chi connectivity index (χ3v) is 5.13. The summed E-state index contributed by atoms with van der Waals surface area (Å²) >= 11 is 0. The summed E-state index contributed by atoms with van der Waals surface area (Å²) in [7, 11) is 3.04. The number of amides is 1. The van der Waals surface area contributed by atoms with E-state index in [1.807, 2.05) is 0 Å². The van der Waals surface area contributed by atoms with Gasteiger partial charge in [-0.2, -0.15) is 5.10 Å². The number of hydrogen-bond acceptors (Lipinski definition) is 7. The van der Waals surface area contributed by atoms with Crippen molar-refractivity contribution in [3.63, 3.8) is 0 Å². The largest absolute Gasteiger partial charge is 0.497 e. The predicted octanol–water partition coefficient (Wildman–Crippen LogP) is 2.84. The molecular weight excluding hydrogens is 426 g/mol. The molecule has 1 aromatic heterocycles. The Kier molecular flexibility index (Phi) is 7.68. The number of benzene rings is 2. The molecule has 0 spiro atoms. The van der Waals surface area contributed by atoms with Gasteiger partial charge in [0.1, 0.15) is 23.2 Å². The standard InChI is InChI=1S/C24H27N3O6/c1-5-33-24(30)20-13-26-27(15(20)2)17-8-6-16(7-9-17)23(29)25-14-21(28)19-12-18(31-3)10-11-22(19)32-4/h6-13,21,28H,5,14H2,1-4H3,(H,25,29). The minimum Gasteiger partial charge on any atom is -0.497 e. The summed E-state index contributed by atoms with van der Waals surface area (Å²) in [5.41, 5.74) is 2.65. The van der Waals surface area contributed by atoms with E-state index in [9.17, 15) is 14.7 Å². The van der Waals surface area contributed by atoms with Crippen LogP contribution >= 0.6 is 0 Å². The van der Waals surface area contributed by atoms with Crippen LogP contribution in [0.15, 0.2) is 48.7 Å². The van der Waals surface area contributed by atoms with Crippen LogP contribution in [-0.2, 0) is 4.74 Å². The minimum absolute atomic E-state index is 0.00865. The van der Waals surface area contributed by atoms with Crippen molar-refractivity contribution in [3.05, 3.63) is 71.0 Å². The van der Waals surface area contributed by atoms with E-state index >= 15 is 0 Å². The van der Waals surface area contributed by atoms with Crippen LogP contribution in [0.25, 0.3) is 5.69 Å². The molecule has 1 unspecified atom stereocenters. The van der Waals surface area contributed by atoms with Gasteiger partial charge in [-0.15, -0.1) is 0 Å². The molecule has 9 heteroatoms. The number of carbonyl (C=O) groups is 2. The molecule has 1 amide bonds. The number of nitrogens with one attached hydrogen (secondary N) is 1. The first kappa shape index (κ1) is 23.8. The van der Waals surface area contributed by atoms with Crippen molar-refractivity contribution in [1.29, 1.82) is 0 Å². The van der Waals surface area contributed by atoms with Crippen LogP contribution in [0.5, 0.6) is 11.5 Å². The van der Waals surface area contributed by atoms with Gasteiger partial charge in [0.2, 0.25) is 0 Å². The fraction of sp³-hybridized carbons (Fsp3) is 0.292. The molecule has 2 aromatic carbocycles. The highest BCUT2D eigenvalue weighted by atomic mass is 16.5. The third kappa shape index (κ3) is 5.32. The molecule has 0 aliphatic carbocycles. The van der Waals surface area contributed by atoms with Crippen LogP contribution in [0.1, 0.15) is 45.0 Å². The number of aliphatic hydroxyl groups is 1. The van der Waals surface area contributed by atoms with Crippen LogP contribution < -0.4 is 14.8 Å². The number of nitrogens with zero attached hydrogens (tertiary/aromatic N) is 2. The second kappa shape index (κ2) is 10.6. The number of rotatable bonds is 9. The number of ether oxygens (including phenoxy) is 3. The fourth-order valence-corrected chi connectivity index (χ4v) is 3.33. The lowest BCUT2D eigenvalue weighted by atomic mass is 10.1. The summed E-state index contributed by atoms with van der Waals surface area (Å²) < 4.78 is 17.1. The molecule has 9 nitrogen and oxygen atoms in total. The maximum atomic E-state index is 12.6. The van der Waals surface area contributed by atoms with Crippen LogP contribution in [0.3, 0.4) is 0 Å². The van der Waals surface area contributed by atoms with Gasteiger partial charge in [-0.05, 0) is 56.3 Å². The van der Waals surface area contributed by atoms with Crippen LogP contribution in [-0.4, -0.2) is 54.1 Å². The van der Waals surface area contributed by atoms with Gasteiger partial charge in [-0.3, -0.25) is 4.79 Å². The Labute approximate surface area is 191 Å². The van der Waals surface area contributed by atoms with E-state index in [1.165, 1.54) is 20.4 Å². The Balaban J connectivity index is 1.67. The van der Waals surface area contributed by atoms with Gasteiger partial charge in [0.05, 0.1) is 38.4 Å². The molecule has 0 fully saturated rings. The number of hydrogen-bond donors (Lipinski definition) is 2. The maximum Gasteiger partial charge on any atom is 0.341 e. The molecular formula is C24H27N3O6. The lowest BCUT2D eigenvalue weighted by Gasteiger charge is -2.16. The highest BCUT2D eigenvalue weighted by Gasteiger charge is 2.18. The number of esters is 1. The zero-order chi connectivity index (χ0) is 24.0. The molecule has 3 rings (SSSR count). The lowest BCUT2D eigenvalue weighted by molar-refractivity contribution is 0.0525. The molecule has 3 aromatic rings. The smallest absolute Gasteiger partial charge is 0.341 e. The van der Waals surface area contributed by atoms with Gasteiger partial charge in [-0.1, -0.05) is 0 Å². The molecule has 0 radical (unpaired) electrons. The van der Waals surface area contributed by atoms with Crippen molar-refractivity contribution in [1.82, 2.24) is 15.1 Å². The van der Waals surface area contributed by atoms with Crippen LogP contribution in [0, 0.1) is 6.92 Å². The van der Waals surface area contributed by atoms with E-state index in [2.05, 4.69) is 10.4 Å². The Morgan fingerprint density at radius 1 is 1.12 bits per heavy atom. The van der Waals surface area contributed by atoms with E-state index in [0.717, 1.165) is 0 Å². The van der Waals surface area contributed by atoms with Gasteiger partial charge < -0.3 is 24.6 Å². The first-order valence-corrected chi connectivity index (χ1v) is 10.4. The van der Waals surface area contributed by atoms with Gasteiger partial charge >= 0.3 is 5.97 Å². The molecule has 1 atom stereocenters. The third-order valence-electron chi connectivity index (χ3n) is 5.13.